The highest BCUT2D eigenvalue weighted by atomic mass is 16.5. The zero-order valence-corrected chi connectivity index (χ0v) is 19.8. The largest absolute Gasteiger partial charge is 0.504 e. The monoisotopic (exact) mass is 487 g/mol. The zero-order valence-electron chi connectivity index (χ0n) is 19.8. The number of hydrogen-bond donors (Lipinski definition) is 2. The minimum absolute atomic E-state index is 0.00336. The molecule has 0 aliphatic carbocycles. The van der Waals surface area contributed by atoms with Gasteiger partial charge in [-0.05, 0) is 59.3 Å². The van der Waals surface area contributed by atoms with E-state index < -0.39 is 0 Å². The van der Waals surface area contributed by atoms with Crippen molar-refractivity contribution < 1.29 is 19.4 Å². The van der Waals surface area contributed by atoms with Gasteiger partial charge in [-0.25, -0.2) is 0 Å². The summed E-state index contributed by atoms with van der Waals surface area (Å²) in [6.07, 6.45) is 3.29. The molecule has 2 aromatic heterocycles. The molecular formula is C30H21N3O4. The van der Waals surface area contributed by atoms with E-state index in [1.807, 2.05) is 60.7 Å². The number of amides is 1. The lowest BCUT2D eigenvalue weighted by atomic mass is 10.0. The van der Waals surface area contributed by atoms with Gasteiger partial charge in [0, 0.05) is 28.6 Å². The van der Waals surface area contributed by atoms with Crippen LogP contribution in [0.15, 0.2) is 97.3 Å². The van der Waals surface area contributed by atoms with Gasteiger partial charge in [0.25, 0.3) is 5.91 Å². The molecule has 37 heavy (non-hydrogen) atoms. The van der Waals surface area contributed by atoms with Gasteiger partial charge in [-0.1, -0.05) is 30.3 Å². The summed E-state index contributed by atoms with van der Waals surface area (Å²) >= 11 is 0. The Morgan fingerprint density at radius 2 is 1.68 bits per heavy atom. The molecule has 0 spiro atoms. The van der Waals surface area contributed by atoms with Crippen molar-refractivity contribution in [3.8, 4) is 23.0 Å². The second-order valence-corrected chi connectivity index (χ2v) is 8.51. The average molecular weight is 488 g/mol. The molecule has 0 unspecified atom stereocenters. The fourth-order valence-corrected chi connectivity index (χ4v) is 4.38. The van der Waals surface area contributed by atoms with Crippen LogP contribution in [0.2, 0.25) is 0 Å². The lowest BCUT2D eigenvalue weighted by molar-refractivity contribution is 0.102. The van der Waals surface area contributed by atoms with Crippen LogP contribution in [0.5, 0.6) is 23.0 Å². The standard InChI is InChI=1S/C30H21N3O4/c1-36-29-16-26-24(15-27(29)34)28(11-12-31-26)37-21-9-10-22-18(14-21)6-4-7-23(22)30(35)33-20-13-19-5-2-3-8-25(19)32-17-20/h2-17,34H,1H3,(H,33,35). The first-order chi connectivity index (χ1) is 18.1. The number of methoxy groups -OCH3 is 1. The van der Waals surface area contributed by atoms with Crippen LogP contribution in [0.4, 0.5) is 5.69 Å². The maximum absolute atomic E-state index is 13.2. The maximum atomic E-state index is 13.2. The number of aromatic hydroxyl groups is 1. The third-order valence-electron chi connectivity index (χ3n) is 6.17. The summed E-state index contributed by atoms with van der Waals surface area (Å²) in [5.74, 6) is 1.25. The van der Waals surface area contributed by atoms with E-state index in [1.54, 1.807) is 36.7 Å². The maximum Gasteiger partial charge on any atom is 0.256 e. The highest BCUT2D eigenvalue weighted by Gasteiger charge is 2.13. The van der Waals surface area contributed by atoms with E-state index in [1.165, 1.54) is 7.11 Å². The second kappa shape index (κ2) is 9.13. The second-order valence-electron chi connectivity index (χ2n) is 8.51. The molecule has 4 aromatic carbocycles. The van der Waals surface area contributed by atoms with Crippen molar-refractivity contribution in [1.29, 1.82) is 0 Å². The van der Waals surface area contributed by atoms with Gasteiger partial charge in [0.2, 0.25) is 0 Å². The average Bonchev–Trinajstić information content (AvgIpc) is 2.92. The van der Waals surface area contributed by atoms with E-state index >= 15 is 0 Å². The summed E-state index contributed by atoms with van der Waals surface area (Å²) in [6.45, 7) is 0. The number of carbonyl (C=O) groups is 1. The Bertz CT molecular complexity index is 1820. The van der Waals surface area contributed by atoms with Gasteiger partial charge >= 0.3 is 0 Å². The molecule has 0 atom stereocenters. The molecule has 2 heterocycles. The molecule has 7 nitrogen and oxygen atoms in total. The van der Waals surface area contributed by atoms with Crippen LogP contribution in [0.3, 0.4) is 0 Å². The first-order valence-corrected chi connectivity index (χ1v) is 11.6. The topological polar surface area (TPSA) is 93.6 Å². The molecule has 180 valence electrons. The number of para-hydroxylation sites is 1. The summed E-state index contributed by atoms with van der Waals surface area (Å²) < 4.78 is 11.3. The Labute approximate surface area is 211 Å². The van der Waals surface area contributed by atoms with Crippen molar-refractivity contribution in [2.45, 2.75) is 0 Å². The van der Waals surface area contributed by atoms with Gasteiger partial charge in [-0.3, -0.25) is 14.8 Å². The Balaban J connectivity index is 1.30. The minimum Gasteiger partial charge on any atom is -0.504 e. The number of hydrogen-bond acceptors (Lipinski definition) is 6. The Hall–Kier alpha value is -5.17. The third kappa shape index (κ3) is 4.23. The lowest BCUT2D eigenvalue weighted by Crippen LogP contribution is -2.12. The van der Waals surface area contributed by atoms with Crippen LogP contribution >= 0.6 is 0 Å². The Kier molecular flexibility index (Phi) is 5.50. The molecular weight excluding hydrogens is 466 g/mol. The smallest absolute Gasteiger partial charge is 0.256 e. The number of phenolic OH excluding ortho intramolecular Hbond substituents is 1. The van der Waals surface area contributed by atoms with Crippen molar-refractivity contribution >= 4 is 44.2 Å². The van der Waals surface area contributed by atoms with E-state index in [-0.39, 0.29) is 11.7 Å². The third-order valence-corrected chi connectivity index (χ3v) is 6.17. The van der Waals surface area contributed by atoms with Crippen molar-refractivity contribution in [1.82, 2.24) is 9.97 Å². The number of pyridine rings is 2. The number of rotatable bonds is 5. The van der Waals surface area contributed by atoms with Crippen LogP contribution in [-0.4, -0.2) is 28.1 Å². The SMILES string of the molecule is COc1cc2nccc(Oc3ccc4c(C(=O)Nc5cnc6ccccc6c5)cccc4c3)c2cc1O. The molecule has 0 saturated carbocycles. The fraction of sp³-hybridized carbons (Fsp3) is 0.0333. The Morgan fingerprint density at radius 3 is 2.57 bits per heavy atom. The normalized spacial score (nSPS) is 11.1. The minimum atomic E-state index is -0.221. The number of ether oxygens (including phenoxy) is 2. The van der Waals surface area contributed by atoms with Gasteiger partial charge in [0.1, 0.15) is 11.5 Å². The summed E-state index contributed by atoms with van der Waals surface area (Å²) in [4.78, 5) is 21.9. The van der Waals surface area contributed by atoms with Crippen LogP contribution in [-0.2, 0) is 0 Å². The molecule has 6 aromatic rings. The molecule has 0 saturated heterocycles. The Morgan fingerprint density at radius 1 is 0.811 bits per heavy atom. The summed E-state index contributed by atoms with van der Waals surface area (Å²) in [7, 11) is 1.49. The summed E-state index contributed by atoms with van der Waals surface area (Å²) in [5, 5.41) is 16.4. The predicted molar refractivity (Wildman–Crippen MR) is 144 cm³/mol. The first kappa shape index (κ1) is 22.3. The zero-order chi connectivity index (χ0) is 25.4. The number of carbonyl (C=O) groups excluding carboxylic acids is 1. The highest BCUT2D eigenvalue weighted by Crippen LogP contribution is 2.37. The number of anilines is 1. The number of nitrogens with one attached hydrogen (secondary N) is 1. The predicted octanol–water partition coefficient (Wildman–Crippen LogP) is 6.70. The lowest BCUT2D eigenvalue weighted by Gasteiger charge is -2.12. The van der Waals surface area contributed by atoms with Crippen LogP contribution < -0.4 is 14.8 Å². The van der Waals surface area contributed by atoms with Gasteiger partial charge in [-0.2, -0.15) is 0 Å². The van der Waals surface area contributed by atoms with Crippen LogP contribution in [0.25, 0.3) is 32.6 Å². The molecule has 0 fully saturated rings. The summed E-state index contributed by atoms with van der Waals surface area (Å²) in [6, 6.07) is 25.7. The molecule has 0 bridgehead atoms. The van der Waals surface area contributed by atoms with Crippen LogP contribution in [0.1, 0.15) is 10.4 Å². The van der Waals surface area contributed by atoms with Gasteiger partial charge in [0.15, 0.2) is 11.5 Å². The van der Waals surface area contributed by atoms with Crippen molar-refractivity contribution in [3.63, 3.8) is 0 Å². The van der Waals surface area contributed by atoms with Gasteiger partial charge < -0.3 is 19.9 Å². The molecule has 0 aliphatic heterocycles. The van der Waals surface area contributed by atoms with E-state index in [0.717, 1.165) is 21.7 Å². The molecule has 0 aliphatic rings. The fourth-order valence-electron chi connectivity index (χ4n) is 4.38. The number of benzene rings is 4. The van der Waals surface area contributed by atoms with Crippen molar-refractivity contribution in [3.05, 3.63) is 103 Å². The van der Waals surface area contributed by atoms with Crippen molar-refractivity contribution in [2.75, 3.05) is 12.4 Å². The van der Waals surface area contributed by atoms with Gasteiger partial charge in [-0.15, -0.1) is 0 Å². The molecule has 7 heteroatoms. The van der Waals surface area contributed by atoms with Crippen LogP contribution in [0, 0.1) is 0 Å². The summed E-state index contributed by atoms with van der Waals surface area (Å²) in [5.41, 5.74) is 2.68. The van der Waals surface area contributed by atoms with Crippen molar-refractivity contribution in [2.24, 2.45) is 0 Å². The number of aromatic nitrogens is 2. The molecule has 1 amide bonds. The number of nitrogens with zero attached hydrogens (tertiary/aromatic N) is 2. The molecule has 2 N–H and O–H groups in total. The first-order valence-electron chi connectivity index (χ1n) is 11.6. The van der Waals surface area contributed by atoms with Gasteiger partial charge in [0.05, 0.1) is 30.0 Å². The quantitative estimate of drug-likeness (QED) is 0.281. The number of phenols is 1. The van der Waals surface area contributed by atoms with E-state index in [4.69, 9.17) is 9.47 Å². The van der Waals surface area contributed by atoms with E-state index in [9.17, 15) is 9.90 Å². The van der Waals surface area contributed by atoms with E-state index in [0.29, 0.717) is 39.4 Å². The number of fused-ring (bicyclic) bond motifs is 3. The van der Waals surface area contributed by atoms with E-state index in [2.05, 4.69) is 15.3 Å². The molecule has 0 radical (unpaired) electrons. The highest BCUT2D eigenvalue weighted by molar-refractivity contribution is 6.13. The molecule has 6 rings (SSSR count).